The first-order valence-corrected chi connectivity index (χ1v) is 14.5. The van der Waals surface area contributed by atoms with Gasteiger partial charge in [0.15, 0.2) is 5.03 Å². The topological polar surface area (TPSA) is 111 Å². The number of carbonyl (C=O) groups is 2. The number of hydrogen-bond acceptors (Lipinski definition) is 6. The van der Waals surface area contributed by atoms with Crippen LogP contribution in [0.15, 0.2) is 60.0 Å². The van der Waals surface area contributed by atoms with Crippen LogP contribution in [0.1, 0.15) is 35.4 Å². The molecule has 1 saturated heterocycles. The van der Waals surface area contributed by atoms with Crippen molar-refractivity contribution in [2.75, 3.05) is 13.2 Å². The molecule has 9 nitrogen and oxygen atoms in total. The maximum atomic E-state index is 14.7. The first-order valence-electron chi connectivity index (χ1n) is 13.1. The number of amides is 2. The minimum atomic E-state index is -3.75. The van der Waals surface area contributed by atoms with Crippen LogP contribution in [0.2, 0.25) is 0 Å². The molecule has 0 radical (unpaired) electrons. The zero-order valence-electron chi connectivity index (χ0n) is 21.4. The molecule has 2 aliphatic carbocycles. The van der Waals surface area contributed by atoms with Gasteiger partial charge in [-0.1, -0.05) is 24.3 Å². The van der Waals surface area contributed by atoms with Crippen LogP contribution in [0.4, 0.5) is 4.39 Å². The van der Waals surface area contributed by atoms with Crippen LogP contribution in [0.3, 0.4) is 0 Å². The van der Waals surface area contributed by atoms with Crippen LogP contribution in [0, 0.1) is 17.7 Å². The Morgan fingerprint density at radius 3 is 2.62 bits per heavy atom. The summed E-state index contributed by atoms with van der Waals surface area (Å²) in [5, 5.41) is -0.0653. The summed E-state index contributed by atoms with van der Waals surface area (Å²) in [4.78, 5) is 31.3. The van der Waals surface area contributed by atoms with Gasteiger partial charge in [-0.05, 0) is 60.6 Å². The van der Waals surface area contributed by atoms with Crippen molar-refractivity contribution in [3.05, 3.63) is 77.5 Å². The number of nitrogens with zero attached hydrogens (tertiary/aromatic N) is 3. The number of ether oxygens (including phenoxy) is 1. The second kappa shape index (κ2) is 9.87. The van der Waals surface area contributed by atoms with Gasteiger partial charge in [-0.2, -0.15) is 0 Å². The molecule has 1 aromatic heterocycles. The van der Waals surface area contributed by atoms with E-state index in [0.29, 0.717) is 37.0 Å². The van der Waals surface area contributed by atoms with Crippen molar-refractivity contribution in [2.45, 2.75) is 42.7 Å². The first-order chi connectivity index (χ1) is 18.7. The predicted molar refractivity (Wildman–Crippen MR) is 139 cm³/mol. The Bertz CT molecular complexity index is 1530. The molecule has 39 heavy (non-hydrogen) atoms. The minimum Gasteiger partial charge on any atom is -0.492 e. The maximum Gasteiger partial charge on any atom is 0.259 e. The highest BCUT2D eigenvalue weighted by atomic mass is 32.2. The molecule has 2 heterocycles. The Kier molecular flexibility index (Phi) is 6.50. The molecule has 1 N–H and O–H groups in total. The average molecular weight is 553 g/mol. The van der Waals surface area contributed by atoms with E-state index < -0.39 is 10.0 Å². The monoisotopic (exact) mass is 552 g/mol. The zero-order valence-corrected chi connectivity index (χ0v) is 22.2. The highest BCUT2D eigenvalue weighted by molar-refractivity contribution is 7.89. The number of piperidine rings is 1. The van der Waals surface area contributed by atoms with E-state index in [1.54, 1.807) is 29.8 Å². The van der Waals surface area contributed by atoms with Gasteiger partial charge in [0, 0.05) is 31.7 Å². The lowest BCUT2D eigenvalue weighted by Gasteiger charge is -2.39. The molecule has 2 fully saturated rings. The van der Waals surface area contributed by atoms with Crippen molar-refractivity contribution >= 4 is 21.8 Å². The van der Waals surface area contributed by atoms with Crippen molar-refractivity contribution in [2.24, 2.45) is 18.9 Å². The lowest BCUT2D eigenvalue weighted by Crippen LogP contribution is -2.47. The summed E-state index contributed by atoms with van der Waals surface area (Å²) < 4.78 is 49.4. The molecule has 2 aromatic carbocycles. The third-order valence-electron chi connectivity index (χ3n) is 7.94. The van der Waals surface area contributed by atoms with Crippen molar-refractivity contribution < 1.29 is 27.1 Å². The van der Waals surface area contributed by atoms with Gasteiger partial charge in [0.1, 0.15) is 18.2 Å². The largest absolute Gasteiger partial charge is 0.492 e. The highest BCUT2D eigenvalue weighted by Gasteiger charge is 2.61. The van der Waals surface area contributed by atoms with Crippen molar-refractivity contribution in [1.82, 2.24) is 19.2 Å². The number of carbonyl (C=O) groups excluding carboxylic acids is 2. The lowest BCUT2D eigenvalue weighted by atomic mass is 9.75. The van der Waals surface area contributed by atoms with Gasteiger partial charge in [-0.25, -0.2) is 22.5 Å². The number of imidazole rings is 1. The molecule has 2 amide bonds. The molecular weight excluding hydrogens is 523 g/mol. The summed E-state index contributed by atoms with van der Waals surface area (Å²) >= 11 is 0. The fourth-order valence-electron chi connectivity index (χ4n) is 5.88. The molecule has 204 valence electrons. The second-order valence-corrected chi connectivity index (χ2v) is 12.2. The third-order valence-corrected chi connectivity index (χ3v) is 9.28. The maximum absolute atomic E-state index is 14.7. The Balaban J connectivity index is 1.22. The molecule has 0 spiro atoms. The van der Waals surface area contributed by atoms with E-state index in [2.05, 4.69) is 9.71 Å². The molecule has 6 rings (SSSR count). The normalized spacial score (nSPS) is 24.0. The number of imide groups is 1. The SMILES string of the molecule is Cn1cnc(S(=O)(=O)NCCOc2ccc3c(c2)C(Cc2ccccc2F)C(N2C(=O)C4CC4C2=O)CC3)c1. The number of nitrogens with one attached hydrogen (secondary N) is 1. The van der Waals surface area contributed by atoms with Gasteiger partial charge >= 0.3 is 0 Å². The van der Waals surface area contributed by atoms with Crippen LogP contribution < -0.4 is 9.46 Å². The number of fused-ring (bicyclic) bond motifs is 2. The van der Waals surface area contributed by atoms with Crippen molar-refractivity contribution in [1.29, 1.82) is 0 Å². The fourth-order valence-corrected chi connectivity index (χ4v) is 6.87. The van der Waals surface area contributed by atoms with E-state index in [-0.39, 0.29) is 59.6 Å². The van der Waals surface area contributed by atoms with E-state index in [9.17, 15) is 22.4 Å². The number of benzene rings is 2. The third kappa shape index (κ3) is 4.85. The Hall–Kier alpha value is -3.57. The number of hydrogen-bond donors (Lipinski definition) is 1. The number of sulfonamides is 1. The number of halogens is 1. The first kappa shape index (κ1) is 25.7. The van der Waals surface area contributed by atoms with Gasteiger partial charge < -0.3 is 9.30 Å². The van der Waals surface area contributed by atoms with E-state index in [4.69, 9.17) is 4.74 Å². The molecule has 4 atom stereocenters. The predicted octanol–water partition coefficient (Wildman–Crippen LogP) is 2.56. The Morgan fingerprint density at radius 2 is 1.90 bits per heavy atom. The van der Waals surface area contributed by atoms with E-state index in [0.717, 1.165) is 11.1 Å². The van der Waals surface area contributed by atoms with E-state index in [1.807, 2.05) is 18.2 Å². The summed E-state index contributed by atoms with van der Waals surface area (Å²) in [7, 11) is -2.06. The van der Waals surface area contributed by atoms with Gasteiger partial charge in [0.25, 0.3) is 10.0 Å². The second-order valence-electron chi connectivity index (χ2n) is 10.5. The van der Waals surface area contributed by atoms with Gasteiger partial charge in [-0.15, -0.1) is 0 Å². The summed E-state index contributed by atoms with van der Waals surface area (Å²) in [6, 6.07) is 11.9. The number of aryl methyl sites for hydroxylation is 2. The average Bonchev–Trinajstić information content (AvgIpc) is 3.53. The fraction of sp³-hybridized carbons (Fsp3) is 0.393. The van der Waals surface area contributed by atoms with E-state index in [1.165, 1.54) is 23.5 Å². The molecular formula is C28H29FN4O5S. The Labute approximate surface area is 226 Å². The number of likely N-dealkylation sites (tertiary alicyclic amines) is 1. The minimum absolute atomic E-state index is 0.0385. The van der Waals surface area contributed by atoms with Crippen LogP contribution in [-0.2, 0) is 39.5 Å². The lowest BCUT2D eigenvalue weighted by molar-refractivity contribution is -0.145. The summed E-state index contributed by atoms with van der Waals surface area (Å²) in [6.45, 7) is 0.121. The molecule has 4 unspecified atom stereocenters. The summed E-state index contributed by atoms with van der Waals surface area (Å²) in [6.07, 6.45) is 5.11. The van der Waals surface area contributed by atoms with Crippen molar-refractivity contribution in [3.8, 4) is 5.75 Å². The van der Waals surface area contributed by atoms with Gasteiger partial charge in [-0.3, -0.25) is 14.5 Å². The molecule has 11 heteroatoms. The molecule has 0 bridgehead atoms. The Morgan fingerprint density at radius 1 is 1.13 bits per heavy atom. The van der Waals surface area contributed by atoms with E-state index >= 15 is 0 Å². The van der Waals surface area contributed by atoms with Gasteiger partial charge in [0.2, 0.25) is 11.8 Å². The molecule has 1 aliphatic heterocycles. The smallest absolute Gasteiger partial charge is 0.259 e. The number of rotatable bonds is 9. The molecule has 3 aliphatic rings. The quantitative estimate of drug-likeness (QED) is 0.323. The van der Waals surface area contributed by atoms with Gasteiger partial charge in [0.05, 0.1) is 18.2 Å². The van der Waals surface area contributed by atoms with Crippen LogP contribution in [0.5, 0.6) is 5.75 Å². The van der Waals surface area contributed by atoms with Crippen LogP contribution in [-0.4, -0.2) is 53.9 Å². The summed E-state index contributed by atoms with van der Waals surface area (Å²) in [5.41, 5.74) is 2.52. The molecule has 3 aromatic rings. The summed E-state index contributed by atoms with van der Waals surface area (Å²) in [5.74, 6) is -0.684. The van der Waals surface area contributed by atoms with Crippen molar-refractivity contribution in [3.63, 3.8) is 0 Å². The number of aromatic nitrogens is 2. The molecule has 1 saturated carbocycles. The highest BCUT2D eigenvalue weighted by Crippen LogP contribution is 2.50. The zero-order chi connectivity index (χ0) is 27.3. The van der Waals surface area contributed by atoms with Crippen LogP contribution in [0.25, 0.3) is 0 Å². The standard InChI is InChI=1S/C28H29FN4O5S/c1-32-15-26(30-16-32)39(36,37)31-10-11-38-19-8-6-17-7-9-25(33-27(34)22-14-23(22)28(33)35)21(20(17)13-19)12-18-4-2-3-5-24(18)29/h2-6,8,13,15-16,21-23,25,31H,7,9-12,14H2,1H3. The van der Waals surface area contributed by atoms with Crippen LogP contribution >= 0.6 is 0 Å².